The number of hydrogen-bond acceptors (Lipinski definition) is 2. The van der Waals surface area contributed by atoms with E-state index in [-0.39, 0.29) is 5.91 Å². The molecule has 1 aromatic carbocycles. The molecule has 0 radical (unpaired) electrons. The number of hydrogen-bond donors (Lipinski definition) is 1. The number of aryl methyl sites for hydroxylation is 1. The molecule has 0 bridgehead atoms. The van der Waals surface area contributed by atoms with Gasteiger partial charge in [-0.2, -0.15) is 5.10 Å². The maximum absolute atomic E-state index is 13.3. The monoisotopic (exact) mass is 463 g/mol. The van der Waals surface area contributed by atoms with Gasteiger partial charge < -0.3 is 5.32 Å². The first-order valence-corrected chi connectivity index (χ1v) is 13.9. The van der Waals surface area contributed by atoms with Crippen LogP contribution in [0.1, 0.15) is 113 Å². The van der Waals surface area contributed by atoms with Crippen LogP contribution in [0.25, 0.3) is 0 Å². The van der Waals surface area contributed by atoms with E-state index in [1.807, 2.05) is 30.5 Å². The average Bonchev–Trinajstić information content (AvgIpc) is 3.27. The lowest BCUT2D eigenvalue weighted by molar-refractivity contribution is 0.0879. The molecule has 2 aromatic rings. The first kappa shape index (κ1) is 25.0. The van der Waals surface area contributed by atoms with E-state index in [1.165, 1.54) is 63.4 Å². The second-order valence-electron chi connectivity index (χ2n) is 11.1. The summed E-state index contributed by atoms with van der Waals surface area (Å²) in [4.78, 5) is 13.3. The van der Waals surface area contributed by atoms with Gasteiger partial charge in [-0.3, -0.25) is 9.48 Å². The molecular formula is C30H45N3O. The van der Waals surface area contributed by atoms with Gasteiger partial charge in [-0.15, -0.1) is 0 Å². The first-order valence-electron chi connectivity index (χ1n) is 13.9. The third-order valence-corrected chi connectivity index (χ3v) is 8.98. The number of aromatic nitrogens is 2. The second kappa shape index (κ2) is 11.6. The Morgan fingerprint density at radius 3 is 2.53 bits per heavy atom. The molecule has 5 unspecified atom stereocenters. The van der Waals surface area contributed by atoms with Crippen molar-refractivity contribution in [2.24, 2.45) is 23.7 Å². The Labute approximate surface area is 206 Å². The smallest absolute Gasteiger partial charge is 0.259 e. The van der Waals surface area contributed by atoms with Crippen LogP contribution in [0.4, 0.5) is 5.69 Å². The van der Waals surface area contributed by atoms with Crippen LogP contribution in [0.2, 0.25) is 0 Å². The van der Waals surface area contributed by atoms with Crippen molar-refractivity contribution in [3.05, 3.63) is 47.3 Å². The summed E-state index contributed by atoms with van der Waals surface area (Å²) >= 11 is 0. The Hall–Kier alpha value is -2.10. The maximum Gasteiger partial charge on any atom is 0.259 e. The van der Waals surface area contributed by atoms with Gasteiger partial charge in [0.25, 0.3) is 5.91 Å². The number of carbonyl (C=O) groups is 1. The molecule has 4 heteroatoms. The van der Waals surface area contributed by atoms with Gasteiger partial charge in [0.15, 0.2) is 0 Å². The highest BCUT2D eigenvalue weighted by atomic mass is 16.1. The number of benzene rings is 1. The van der Waals surface area contributed by atoms with Gasteiger partial charge in [0.1, 0.15) is 0 Å². The van der Waals surface area contributed by atoms with E-state index in [9.17, 15) is 4.79 Å². The lowest BCUT2D eigenvalue weighted by Crippen LogP contribution is -2.35. The highest BCUT2D eigenvalue weighted by Crippen LogP contribution is 2.45. The minimum atomic E-state index is -0.0184. The van der Waals surface area contributed by atoms with Crippen molar-refractivity contribution in [1.82, 2.24) is 9.78 Å². The Bertz CT molecular complexity index is 931. The molecule has 1 N–H and O–H groups in total. The summed E-state index contributed by atoms with van der Waals surface area (Å²) in [6.45, 7) is 9.42. The highest BCUT2D eigenvalue weighted by molar-refractivity contribution is 6.05. The highest BCUT2D eigenvalue weighted by Gasteiger charge is 2.37. The maximum atomic E-state index is 13.3. The Morgan fingerprint density at radius 1 is 1.06 bits per heavy atom. The van der Waals surface area contributed by atoms with E-state index < -0.39 is 0 Å². The molecule has 0 saturated heterocycles. The zero-order valence-corrected chi connectivity index (χ0v) is 21.9. The third-order valence-electron chi connectivity index (χ3n) is 8.98. The topological polar surface area (TPSA) is 46.9 Å². The number of fused-ring (bicyclic) bond motifs is 3. The molecule has 0 spiro atoms. The van der Waals surface area contributed by atoms with Crippen molar-refractivity contribution in [3.8, 4) is 0 Å². The molecule has 1 aliphatic carbocycles. The van der Waals surface area contributed by atoms with E-state index in [4.69, 9.17) is 5.10 Å². The van der Waals surface area contributed by atoms with Gasteiger partial charge in [-0.25, -0.2) is 0 Å². The molecule has 5 atom stereocenters. The van der Waals surface area contributed by atoms with Crippen LogP contribution in [0.5, 0.6) is 0 Å². The summed E-state index contributed by atoms with van der Waals surface area (Å²) in [7, 11) is 0. The van der Waals surface area contributed by atoms with Crippen molar-refractivity contribution in [1.29, 1.82) is 0 Å². The van der Waals surface area contributed by atoms with Gasteiger partial charge in [-0.05, 0) is 74.8 Å². The summed E-state index contributed by atoms with van der Waals surface area (Å²) in [5, 5.41) is 8.05. The molecule has 1 aromatic heterocycles. The predicted octanol–water partition coefficient (Wildman–Crippen LogP) is 7.98. The van der Waals surface area contributed by atoms with Crippen LogP contribution >= 0.6 is 0 Å². The summed E-state index contributed by atoms with van der Waals surface area (Å²) in [5.41, 5.74) is 3.98. The fourth-order valence-corrected chi connectivity index (χ4v) is 6.72. The van der Waals surface area contributed by atoms with Gasteiger partial charge in [0, 0.05) is 5.69 Å². The van der Waals surface area contributed by atoms with Gasteiger partial charge in [0.2, 0.25) is 0 Å². The molecule has 186 valence electrons. The minimum Gasteiger partial charge on any atom is -0.322 e. The van der Waals surface area contributed by atoms with E-state index >= 15 is 0 Å². The summed E-state index contributed by atoms with van der Waals surface area (Å²) in [6, 6.07) is 8.47. The average molecular weight is 464 g/mol. The summed E-state index contributed by atoms with van der Waals surface area (Å²) in [6.07, 6.45) is 15.5. The molecule has 1 aliphatic heterocycles. The fraction of sp³-hybridized carbons (Fsp3) is 0.667. The van der Waals surface area contributed by atoms with Gasteiger partial charge in [0.05, 0.1) is 23.5 Å². The lowest BCUT2D eigenvalue weighted by Gasteiger charge is -2.42. The molecule has 1 fully saturated rings. The Kier molecular flexibility index (Phi) is 8.50. The molecule has 1 amide bonds. The van der Waals surface area contributed by atoms with Crippen molar-refractivity contribution in [2.75, 3.05) is 5.32 Å². The second-order valence-corrected chi connectivity index (χ2v) is 11.1. The Morgan fingerprint density at radius 2 is 1.76 bits per heavy atom. The van der Waals surface area contributed by atoms with E-state index in [0.29, 0.717) is 17.9 Å². The zero-order valence-electron chi connectivity index (χ0n) is 21.9. The van der Waals surface area contributed by atoms with E-state index in [1.54, 1.807) is 0 Å². The Balaban J connectivity index is 1.65. The fourth-order valence-electron chi connectivity index (χ4n) is 6.72. The number of nitrogens with zero attached hydrogens (tertiary/aromatic N) is 2. The third kappa shape index (κ3) is 5.58. The lowest BCUT2D eigenvalue weighted by atomic mass is 9.67. The minimum absolute atomic E-state index is 0.0184. The van der Waals surface area contributed by atoms with Gasteiger partial charge >= 0.3 is 0 Å². The molecule has 4 rings (SSSR count). The van der Waals surface area contributed by atoms with Crippen LogP contribution in [-0.4, -0.2) is 15.7 Å². The van der Waals surface area contributed by atoms with Crippen LogP contribution in [0.3, 0.4) is 0 Å². The van der Waals surface area contributed by atoms with E-state index in [0.717, 1.165) is 41.6 Å². The molecule has 4 nitrogen and oxygen atoms in total. The van der Waals surface area contributed by atoms with Gasteiger partial charge in [-0.1, -0.05) is 77.0 Å². The van der Waals surface area contributed by atoms with Crippen LogP contribution in [-0.2, 0) is 6.42 Å². The number of nitrogens with one attached hydrogen (secondary N) is 1. The standard InChI is InChI=1S/C30H45N3O/c1-5-22(3)25-12-8-6-7-9-14-29-27(30(34)32-24-18-16-21(2)17-19-24)20-31-33(29)28-15-11-10-13-26(28)23(25)4/h16-20,22-23,25-26,28H,5-15H2,1-4H3,(H,32,34). The summed E-state index contributed by atoms with van der Waals surface area (Å²) in [5.74, 6) is 2.89. The molecule has 2 heterocycles. The number of amides is 1. The van der Waals surface area contributed by atoms with Crippen molar-refractivity contribution in [2.45, 2.75) is 104 Å². The predicted molar refractivity (Wildman–Crippen MR) is 141 cm³/mol. The van der Waals surface area contributed by atoms with Crippen LogP contribution in [0.15, 0.2) is 30.5 Å². The summed E-state index contributed by atoms with van der Waals surface area (Å²) < 4.78 is 2.31. The number of carbonyl (C=O) groups excluding carboxylic acids is 1. The molecule has 1 saturated carbocycles. The first-order chi connectivity index (χ1) is 16.5. The number of rotatable bonds is 4. The normalized spacial score (nSPS) is 26.9. The molecular weight excluding hydrogens is 418 g/mol. The SMILES string of the molecule is CCC(C)C1CCCCCCc2c(C(=O)Nc3ccc(C)cc3)cnn2C2CCCCC2C1C. The van der Waals surface area contributed by atoms with Crippen LogP contribution < -0.4 is 5.32 Å². The molecule has 2 aliphatic rings. The van der Waals surface area contributed by atoms with E-state index in [2.05, 4.69) is 37.7 Å². The largest absolute Gasteiger partial charge is 0.322 e. The van der Waals surface area contributed by atoms with Crippen molar-refractivity contribution < 1.29 is 4.79 Å². The van der Waals surface area contributed by atoms with Crippen molar-refractivity contribution in [3.63, 3.8) is 0 Å². The zero-order chi connectivity index (χ0) is 24.1. The van der Waals surface area contributed by atoms with Crippen LogP contribution in [0, 0.1) is 30.6 Å². The van der Waals surface area contributed by atoms with Crippen molar-refractivity contribution >= 4 is 11.6 Å². The molecule has 34 heavy (non-hydrogen) atoms. The number of anilines is 1. The quantitative estimate of drug-likeness (QED) is 0.499.